The van der Waals surface area contributed by atoms with Gasteiger partial charge in [0.15, 0.2) is 0 Å². The van der Waals surface area contributed by atoms with E-state index in [1.165, 1.54) is 11.0 Å². The Morgan fingerprint density at radius 2 is 1.64 bits per heavy atom. The zero-order chi connectivity index (χ0) is 27.5. The monoisotopic (exact) mass is 505 g/mol. The fourth-order valence-corrected chi connectivity index (χ4v) is 3.90. The van der Waals surface area contributed by atoms with Crippen LogP contribution in [-0.2, 0) is 14.3 Å². The molecule has 3 unspecified atom stereocenters. The summed E-state index contributed by atoms with van der Waals surface area (Å²) >= 11 is 0. The molecule has 3 N–H and O–H groups in total. The molecule has 3 atom stereocenters. The Kier molecular flexibility index (Phi) is 12.8. The van der Waals surface area contributed by atoms with Crippen LogP contribution in [0.25, 0.3) is 0 Å². The minimum atomic E-state index is -1.05. The molecule has 0 aliphatic rings. The lowest BCUT2D eigenvalue weighted by Crippen LogP contribution is -2.55. The number of amides is 3. The molecule has 0 aromatic heterocycles. The van der Waals surface area contributed by atoms with Crippen molar-refractivity contribution in [3.05, 3.63) is 29.8 Å². The summed E-state index contributed by atoms with van der Waals surface area (Å²) in [7, 11) is 0. The van der Waals surface area contributed by atoms with Crippen molar-refractivity contribution in [2.45, 2.75) is 111 Å². The first-order valence-electron chi connectivity index (χ1n) is 13.2. The topological polar surface area (TPSA) is 108 Å². The van der Waals surface area contributed by atoms with Crippen molar-refractivity contribution in [1.29, 1.82) is 0 Å². The van der Waals surface area contributed by atoms with Gasteiger partial charge in [0, 0.05) is 18.2 Å². The summed E-state index contributed by atoms with van der Waals surface area (Å²) < 4.78 is 5.43. The number of phenolic OH excluding ortho intramolecular Hbond substituents is 1. The van der Waals surface area contributed by atoms with E-state index in [1.54, 1.807) is 39.0 Å². The molecular formula is C28H47N3O5. The Morgan fingerprint density at radius 1 is 1.00 bits per heavy atom. The Bertz CT molecular complexity index is 850. The molecule has 0 spiro atoms. The number of phenols is 1. The molecule has 0 saturated heterocycles. The highest BCUT2D eigenvalue weighted by Gasteiger charge is 2.38. The minimum absolute atomic E-state index is 0.0621. The molecular weight excluding hydrogens is 458 g/mol. The molecule has 0 heterocycles. The van der Waals surface area contributed by atoms with Crippen molar-refractivity contribution in [3.63, 3.8) is 0 Å². The smallest absolute Gasteiger partial charge is 0.408 e. The summed E-state index contributed by atoms with van der Waals surface area (Å²) in [5.74, 6) is -1.02. The van der Waals surface area contributed by atoms with E-state index < -0.39 is 23.8 Å². The quantitative estimate of drug-likeness (QED) is 0.315. The van der Waals surface area contributed by atoms with Crippen LogP contribution in [0.1, 0.15) is 99.1 Å². The minimum Gasteiger partial charge on any atom is -0.508 e. The van der Waals surface area contributed by atoms with E-state index in [-0.39, 0.29) is 29.5 Å². The number of para-hydroxylation sites is 1. The number of unbranched alkanes of at least 4 members (excludes halogenated alkanes) is 3. The summed E-state index contributed by atoms with van der Waals surface area (Å²) in [6.45, 7) is 15.2. The number of nitrogens with zero attached hydrogens (tertiary/aromatic N) is 1. The van der Waals surface area contributed by atoms with Crippen molar-refractivity contribution in [2.75, 3.05) is 6.54 Å². The van der Waals surface area contributed by atoms with Crippen LogP contribution in [-0.4, -0.2) is 52.1 Å². The summed E-state index contributed by atoms with van der Waals surface area (Å²) in [6, 6.07) is 4.48. The average molecular weight is 506 g/mol. The van der Waals surface area contributed by atoms with E-state index in [1.807, 2.05) is 27.7 Å². The number of hydrogen-bond donors (Lipinski definition) is 3. The van der Waals surface area contributed by atoms with Crippen molar-refractivity contribution >= 4 is 17.9 Å². The largest absolute Gasteiger partial charge is 0.508 e. The molecule has 8 heteroatoms. The summed E-state index contributed by atoms with van der Waals surface area (Å²) in [5, 5.41) is 16.3. The molecule has 1 aromatic carbocycles. The van der Waals surface area contributed by atoms with Crippen LogP contribution in [0.4, 0.5) is 4.79 Å². The molecule has 1 aromatic rings. The third-order valence-corrected chi connectivity index (χ3v) is 5.91. The van der Waals surface area contributed by atoms with Crippen LogP contribution < -0.4 is 10.6 Å². The van der Waals surface area contributed by atoms with Gasteiger partial charge in [-0.05, 0) is 53.0 Å². The van der Waals surface area contributed by atoms with E-state index >= 15 is 0 Å². The van der Waals surface area contributed by atoms with Gasteiger partial charge in [0.25, 0.3) is 0 Å². The second kappa shape index (κ2) is 14.7. The number of benzene rings is 1. The van der Waals surface area contributed by atoms with Gasteiger partial charge in [-0.1, -0.05) is 64.7 Å². The third-order valence-electron chi connectivity index (χ3n) is 5.91. The summed E-state index contributed by atoms with van der Waals surface area (Å²) in [6.07, 6.45) is 3.57. The summed E-state index contributed by atoms with van der Waals surface area (Å²) in [4.78, 5) is 41.8. The molecule has 8 nitrogen and oxygen atoms in total. The van der Waals surface area contributed by atoms with Crippen molar-refractivity contribution in [1.82, 2.24) is 15.5 Å². The lowest BCUT2D eigenvalue weighted by molar-refractivity contribution is -0.143. The van der Waals surface area contributed by atoms with Gasteiger partial charge < -0.3 is 25.4 Å². The molecule has 0 fully saturated rings. The first-order valence-corrected chi connectivity index (χ1v) is 13.2. The number of alkyl carbamates (subject to hydrolysis) is 1. The maximum absolute atomic E-state index is 14.1. The SMILES string of the molecule is CCCCCCN(C(=O)C(NC(=O)OC(C)(C)C)C(C)CC)C(C(=O)NC(C)C)c1ccccc1O. The van der Waals surface area contributed by atoms with Crippen molar-refractivity contribution < 1.29 is 24.2 Å². The van der Waals surface area contributed by atoms with Gasteiger partial charge in [0.1, 0.15) is 23.4 Å². The van der Waals surface area contributed by atoms with E-state index in [0.717, 1.165) is 19.3 Å². The van der Waals surface area contributed by atoms with E-state index in [4.69, 9.17) is 4.74 Å². The van der Waals surface area contributed by atoms with Crippen LogP contribution in [0.15, 0.2) is 24.3 Å². The third kappa shape index (κ3) is 10.1. The highest BCUT2D eigenvalue weighted by atomic mass is 16.6. The van der Waals surface area contributed by atoms with Gasteiger partial charge in [-0.2, -0.15) is 0 Å². The van der Waals surface area contributed by atoms with Crippen molar-refractivity contribution in [2.24, 2.45) is 5.92 Å². The van der Waals surface area contributed by atoms with E-state index in [2.05, 4.69) is 17.6 Å². The second-order valence-corrected chi connectivity index (χ2v) is 10.7. The van der Waals surface area contributed by atoms with Crippen LogP contribution in [0.3, 0.4) is 0 Å². The van der Waals surface area contributed by atoms with Crippen molar-refractivity contribution in [3.8, 4) is 5.75 Å². The number of ether oxygens (including phenoxy) is 1. The molecule has 0 bridgehead atoms. The number of rotatable bonds is 13. The Balaban J connectivity index is 3.51. The number of aromatic hydroxyl groups is 1. The molecule has 3 amide bonds. The zero-order valence-corrected chi connectivity index (χ0v) is 23.4. The van der Waals surface area contributed by atoms with Gasteiger partial charge in [-0.3, -0.25) is 9.59 Å². The lowest BCUT2D eigenvalue weighted by Gasteiger charge is -2.36. The Labute approximate surface area is 217 Å². The standard InChI is InChI=1S/C28H47N3O5/c1-9-11-12-15-18-31(24(25(33)29-19(3)4)21-16-13-14-17-22(21)32)26(34)23(20(5)10-2)30-27(35)36-28(6,7)8/h13-14,16-17,19-20,23-24,32H,9-12,15,18H2,1-8H3,(H,29,33)(H,30,35). The number of nitrogens with one attached hydrogen (secondary N) is 2. The van der Waals surface area contributed by atoms with Gasteiger partial charge in [-0.25, -0.2) is 4.79 Å². The number of hydrogen-bond acceptors (Lipinski definition) is 5. The lowest BCUT2D eigenvalue weighted by atomic mass is 9.95. The Morgan fingerprint density at radius 3 is 2.17 bits per heavy atom. The summed E-state index contributed by atoms with van der Waals surface area (Å²) in [5.41, 5.74) is -0.373. The predicted octanol–water partition coefficient (Wildman–Crippen LogP) is 5.31. The van der Waals surface area contributed by atoms with Gasteiger partial charge in [0.05, 0.1) is 0 Å². The van der Waals surface area contributed by atoms with Gasteiger partial charge in [0.2, 0.25) is 11.8 Å². The zero-order valence-electron chi connectivity index (χ0n) is 23.4. The normalized spacial score (nSPS) is 14.0. The van der Waals surface area contributed by atoms with Crippen LogP contribution in [0.5, 0.6) is 5.75 Å². The van der Waals surface area contributed by atoms with Crippen LogP contribution >= 0.6 is 0 Å². The highest BCUT2D eigenvalue weighted by molar-refractivity contribution is 5.92. The fourth-order valence-electron chi connectivity index (χ4n) is 3.90. The molecule has 0 radical (unpaired) electrons. The number of carbonyl (C=O) groups excluding carboxylic acids is 3. The molecule has 0 aliphatic heterocycles. The fraction of sp³-hybridized carbons (Fsp3) is 0.679. The molecule has 1 rings (SSSR count). The maximum atomic E-state index is 14.1. The Hall–Kier alpha value is -2.77. The molecule has 36 heavy (non-hydrogen) atoms. The van der Waals surface area contributed by atoms with Crippen LogP contribution in [0.2, 0.25) is 0 Å². The first-order chi connectivity index (χ1) is 16.8. The van der Waals surface area contributed by atoms with Crippen LogP contribution in [0, 0.1) is 5.92 Å². The molecule has 204 valence electrons. The predicted molar refractivity (Wildman–Crippen MR) is 143 cm³/mol. The molecule has 0 aliphatic carbocycles. The van der Waals surface area contributed by atoms with E-state index in [9.17, 15) is 19.5 Å². The molecule has 0 saturated carbocycles. The number of carbonyl (C=O) groups is 3. The van der Waals surface area contributed by atoms with E-state index in [0.29, 0.717) is 24.9 Å². The average Bonchev–Trinajstić information content (AvgIpc) is 2.77. The van der Waals surface area contributed by atoms with Gasteiger partial charge >= 0.3 is 6.09 Å². The maximum Gasteiger partial charge on any atom is 0.408 e. The highest BCUT2D eigenvalue weighted by Crippen LogP contribution is 2.31. The second-order valence-electron chi connectivity index (χ2n) is 10.7. The van der Waals surface area contributed by atoms with Gasteiger partial charge in [-0.15, -0.1) is 0 Å². The first kappa shape index (κ1) is 31.3.